The van der Waals surface area contributed by atoms with Gasteiger partial charge in [-0.05, 0) is 12.5 Å². The Morgan fingerprint density at radius 1 is 1.28 bits per heavy atom. The molecule has 0 unspecified atom stereocenters. The number of alkyl halides is 1. The Labute approximate surface area is 121 Å². The zero-order valence-electron chi connectivity index (χ0n) is 10.6. The Morgan fingerprint density at radius 2 is 1.94 bits per heavy atom. The Morgan fingerprint density at radius 3 is 2.50 bits per heavy atom. The molecule has 104 valence electrons. The first-order valence-electron chi connectivity index (χ1n) is 5.88. The molecule has 18 heavy (non-hydrogen) atoms. The van der Waals surface area contributed by atoms with Crippen molar-refractivity contribution in [1.29, 1.82) is 0 Å². The van der Waals surface area contributed by atoms with E-state index in [4.69, 9.17) is 0 Å². The Hall–Kier alpha value is -0.350. The topological polar surface area (TPSA) is 15.3 Å². The molecular weight excluding hydrogens is 274 g/mol. The zero-order chi connectivity index (χ0) is 11.4. The van der Waals surface area contributed by atoms with Crippen LogP contribution in [0.15, 0.2) is 24.3 Å². The summed E-state index contributed by atoms with van der Waals surface area (Å²) in [5.41, 5.74) is 2.30. The van der Waals surface area contributed by atoms with Crippen molar-refractivity contribution in [3.63, 3.8) is 0 Å². The van der Waals surface area contributed by atoms with Crippen LogP contribution in [0.25, 0.3) is 0 Å². The van der Waals surface area contributed by atoms with Crippen molar-refractivity contribution in [2.45, 2.75) is 13.0 Å². The minimum Gasteiger partial charge on any atom is -0.314 e. The first-order chi connectivity index (χ1) is 7.81. The van der Waals surface area contributed by atoms with Gasteiger partial charge in [-0.1, -0.05) is 29.8 Å². The number of hydrogen-bond acceptors (Lipinski definition) is 2. The maximum atomic E-state index is 13.2. The maximum absolute atomic E-state index is 13.2. The molecule has 1 aromatic carbocycles. The molecule has 1 saturated heterocycles. The monoisotopic (exact) mass is 294 g/mol. The summed E-state index contributed by atoms with van der Waals surface area (Å²) in [5, 5.41) is 3.29. The zero-order valence-corrected chi connectivity index (χ0v) is 12.2. The van der Waals surface area contributed by atoms with Crippen molar-refractivity contribution < 1.29 is 4.39 Å². The summed E-state index contributed by atoms with van der Waals surface area (Å²) in [6.45, 7) is 5.54. The standard InChI is InChI=1S/C13H19FN2.2ClH/c1-11-3-2-4-12(9-11)13(10-14)16-7-5-15-6-8-16;;/h2-4,9,13,15H,5-8,10H2,1H3;2*1H/t13-;;/m1../s1. The van der Waals surface area contributed by atoms with Gasteiger partial charge in [0.25, 0.3) is 0 Å². The lowest BCUT2D eigenvalue weighted by Gasteiger charge is -2.33. The van der Waals surface area contributed by atoms with E-state index in [0.29, 0.717) is 0 Å². The largest absolute Gasteiger partial charge is 0.314 e. The van der Waals surface area contributed by atoms with Crippen LogP contribution >= 0.6 is 24.8 Å². The van der Waals surface area contributed by atoms with E-state index in [9.17, 15) is 4.39 Å². The molecule has 0 aliphatic carbocycles. The lowest BCUT2D eigenvalue weighted by Crippen LogP contribution is -2.45. The van der Waals surface area contributed by atoms with Crippen LogP contribution in [-0.4, -0.2) is 37.8 Å². The first-order valence-corrected chi connectivity index (χ1v) is 5.88. The number of rotatable bonds is 3. The predicted octanol–water partition coefficient (Wildman–Crippen LogP) is 2.75. The van der Waals surface area contributed by atoms with Gasteiger partial charge in [-0.3, -0.25) is 4.90 Å². The van der Waals surface area contributed by atoms with Crippen LogP contribution in [0.2, 0.25) is 0 Å². The summed E-state index contributed by atoms with van der Waals surface area (Å²) in [6.07, 6.45) is 0. The summed E-state index contributed by atoms with van der Waals surface area (Å²) in [6, 6.07) is 8.11. The number of aryl methyl sites for hydroxylation is 1. The molecule has 1 N–H and O–H groups in total. The highest BCUT2D eigenvalue weighted by atomic mass is 35.5. The number of piperazine rings is 1. The molecule has 5 heteroatoms. The summed E-state index contributed by atoms with van der Waals surface area (Å²) < 4.78 is 13.2. The molecule has 0 bridgehead atoms. The van der Waals surface area contributed by atoms with Gasteiger partial charge in [0.05, 0.1) is 6.04 Å². The van der Waals surface area contributed by atoms with Crippen LogP contribution in [0.5, 0.6) is 0 Å². The van der Waals surface area contributed by atoms with Gasteiger partial charge in [0, 0.05) is 26.2 Å². The molecule has 1 aliphatic heterocycles. The van der Waals surface area contributed by atoms with Gasteiger partial charge < -0.3 is 5.32 Å². The quantitative estimate of drug-likeness (QED) is 0.922. The lowest BCUT2D eigenvalue weighted by molar-refractivity contribution is 0.147. The Bertz CT molecular complexity index is 344. The Balaban J connectivity index is 0.00000144. The molecule has 0 radical (unpaired) electrons. The van der Waals surface area contributed by atoms with Gasteiger partial charge in [0.15, 0.2) is 0 Å². The highest BCUT2D eigenvalue weighted by molar-refractivity contribution is 5.85. The number of halogens is 3. The van der Waals surface area contributed by atoms with Crippen molar-refractivity contribution in [2.24, 2.45) is 0 Å². The van der Waals surface area contributed by atoms with Gasteiger partial charge in [0.1, 0.15) is 6.67 Å². The van der Waals surface area contributed by atoms with E-state index in [1.54, 1.807) is 0 Å². The molecule has 2 nitrogen and oxygen atoms in total. The molecule has 0 spiro atoms. The van der Waals surface area contributed by atoms with Crippen LogP contribution in [0.3, 0.4) is 0 Å². The molecule has 1 aromatic rings. The smallest absolute Gasteiger partial charge is 0.109 e. The lowest BCUT2D eigenvalue weighted by atomic mass is 10.0. The van der Waals surface area contributed by atoms with Gasteiger partial charge in [-0.25, -0.2) is 4.39 Å². The molecule has 1 aliphatic rings. The van der Waals surface area contributed by atoms with E-state index in [-0.39, 0.29) is 37.5 Å². The fourth-order valence-electron chi connectivity index (χ4n) is 2.27. The van der Waals surface area contributed by atoms with Crippen molar-refractivity contribution in [3.05, 3.63) is 35.4 Å². The Kier molecular flexibility index (Phi) is 8.53. The van der Waals surface area contributed by atoms with Crippen LogP contribution in [0.4, 0.5) is 4.39 Å². The van der Waals surface area contributed by atoms with E-state index >= 15 is 0 Å². The molecule has 0 amide bonds. The first kappa shape index (κ1) is 17.6. The van der Waals surface area contributed by atoms with Gasteiger partial charge >= 0.3 is 0 Å². The highest BCUT2D eigenvalue weighted by Gasteiger charge is 2.21. The van der Waals surface area contributed by atoms with Gasteiger partial charge in [-0.15, -0.1) is 24.8 Å². The van der Waals surface area contributed by atoms with E-state index in [2.05, 4.69) is 29.3 Å². The second-order valence-corrected chi connectivity index (χ2v) is 4.37. The third-order valence-corrected chi connectivity index (χ3v) is 3.17. The number of nitrogens with zero attached hydrogens (tertiary/aromatic N) is 1. The van der Waals surface area contributed by atoms with Crippen LogP contribution in [0, 0.1) is 6.92 Å². The van der Waals surface area contributed by atoms with Crippen LogP contribution in [0.1, 0.15) is 17.2 Å². The summed E-state index contributed by atoms with van der Waals surface area (Å²) in [4.78, 5) is 2.23. The van der Waals surface area contributed by atoms with E-state index in [1.165, 1.54) is 5.56 Å². The molecule has 1 atom stereocenters. The molecule has 0 aromatic heterocycles. The van der Waals surface area contributed by atoms with Gasteiger partial charge in [0.2, 0.25) is 0 Å². The minimum atomic E-state index is -0.302. The molecule has 1 fully saturated rings. The third-order valence-electron chi connectivity index (χ3n) is 3.17. The fraction of sp³-hybridized carbons (Fsp3) is 0.538. The molecule has 1 heterocycles. The molecular formula is C13H21Cl2FN2. The normalized spacial score (nSPS) is 17.4. The SMILES string of the molecule is Cc1cccc([C@@H](CF)N2CCNCC2)c1.Cl.Cl. The summed E-state index contributed by atoms with van der Waals surface area (Å²) in [5.74, 6) is 0. The van der Waals surface area contributed by atoms with Gasteiger partial charge in [-0.2, -0.15) is 0 Å². The number of nitrogens with one attached hydrogen (secondary N) is 1. The average molecular weight is 295 g/mol. The number of benzene rings is 1. The van der Waals surface area contributed by atoms with E-state index in [1.807, 2.05) is 12.1 Å². The van der Waals surface area contributed by atoms with Crippen molar-refractivity contribution in [2.75, 3.05) is 32.9 Å². The van der Waals surface area contributed by atoms with Crippen molar-refractivity contribution in [1.82, 2.24) is 10.2 Å². The van der Waals surface area contributed by atoms with Crippen LogP contribution < -0.4 is 5.32 Å². The maximum Gasteiger partial charge on any atom is 0.109 e. The van der Waals surface area contributed by atoms with E-state index in [0.717, 1.165) is 31.7 Å². The molecule has 0 saturated carbocycles. The van der Waals surface area contributed by atoms with Crippen LogP contribution in [-0.2, 0) is 0 Å². The minimum absolute atomic E-state index is 0. The average Bonchev–Trinajstić information content (AvgIpc) is 2.31. The second kappa shape index (κ2) is 8.70. The number of hydrogen-bond donors (Lipinski definition) is 1. The second-order valence-electron chi connectivity index (χ2n) is 4.37. The molecule has 2 rings (SSSR count). The summed E-state index contributed by atoms with van der Waals surface area (Å²) in [7, 11) is 0. The fourth-order valence-corrected chi connectivity index (χ4v) is 2.27. The highest BCUT2D eigenvalue weighted by Crippen LogP contribution is 2.22. The van der Waals surface area contributed by atoms with Crippen molar-refractivity contribution >= 4 is 24.8 Å². The summed E-state index contributed by atoms with van der Waals surface area (Å²) >= 11 is 0. The predicted molar refractivity (Wildman–Crippen MR) is 78.8 cm³/mol. The third kappa shape index (κ3) is 4.39. The van der Waals surface area contributed by atoms with Crippen molar-refractivity contribution in [3.8, 4) is 0 Å². The van der Waals surface area contributed by atoms with E-state index < -0.39 is 0 Å².